The largest absolute Gasteiger partial charge is 0.344 e. The van der Waals surface area contributed by atoms with Crippen LogP contribution >= 0.6 is 31.9 Å². The fourth-order valence-corrected chi connectivity index (χ4v) is 2.79. The number of carbonyl (C=O) groups is 1. The van der Waals surface area contributed by atoms with Crippen LogP contribution in [-0.4, -0.2) is 11.2 Å². The van der Waals surface area contributed by atoms with Crippen LogP contribution in [0.1, 0.15) is 27.5 Å². The van der Waals surface area contributed by atoms with Crippen molar-refractivity contribution in [3.05, 3.63) is 69.7 Å². The number of halogens is 2. The Kier molecular flexibility index (Phi) is 5.38. The summed E-state index contributed by atoms with van der Waals surface area (Å²) in [5, 5.41) is 3.72. The average Bonchev–Trinajstić information content (AvgIpc) is 2.48. The van der Waals surface area contributed by atoms with Gasteiger partial charge in [-0.15, -0.1) is 0 Å². The lowest BCUT2D eigenvalue weighted by atomic mass is 10.1. The molecule has 0 aromatic heterocycles. The molecule has 1 unspecified atom stereocenters. The van der Waals surface area contributed by atoms with Gasteiger partial charge in [-0.05, 0) is 30.2 Å². The van der Waals surface area contributed by atoms with E-state index in [1.165, 1.54) is 0 Å². The molecule has 2 aromatic carbocycles. The summed E-state index contributed by atoms with van der Waals surface area (Å²) in [6, 6.07) is 15.5. The summed E-state index contributed by atoms with van der Waals surface area (Å²) in [4.78, 5) is 12.3. The first-order valence-corrected chi connectivity index (χ1v) is 8.21. The average molecular weight is 397 g/mol. The van der Waals surface area contributed by atoms with Crippen LogP contribution in [0.4, 0.5) is 0 Å². The van der Waals surface area contributed by atoms with E-state index in [1.807, 2.05) is 55.5 Å². The second-order valence-corrected chi connectivity index (χ2v) is 6.06. The molecule has 4 heteroatoms. The second-order valence-electron chi connectivity index (χ2n) is 4.55. The molecular formula is C16H15Br2NO. The van der Waals surface area contributed by atoms with Crippen molar-refractivity contribution in [2.45, 2.75) is 13.0 Å². The van der Waals surface area contributed by atoms with Gasteiger partial charge >= 0.3 is 0 Å². The van der Waals surface area contributed by atoms with Crippen molar-refractivity contribution in [1.29, 1.82) is 0 Å². The van der Waals surface area contributed by atoms with Crippen molar-refractivity contribution in [3.63, 3.8) is 0 Å². The zero-order valence-corrected chi connectivity index (χ0v) is 14.2. The van der Waals surface area contributed by atoms with Gasteiger partial charge in [0.05, 0.1) is 6.04 Å². The van der Waals surface area contributed by atoms with E-state index in [0.717, 1.165) is 15.6 Å². The number of benzene rings is 2. The number of aryl methyl sites for hydroxylation is 1. The summed E-state index contributed by atoms with van der Waals surface area (Å²) in [5.41, 5.74) is 2.86. The Bertz CT molecular complexity index is 599. The Hall–Kier alpha value is -1.13. The molecule has 1 atom stereocenters. The lowest BCUT2D eigenvalue weighted by Crippen LogP contribution is -2.29. The molecule has 0 saturated carbocycles. The summed E-state index contributed by atoms with van der Waals surface area (Å²) in [6.45, 7) is 2.00. The van der Waals surface area contributed by atoms with Crippen molar-refractivity contribution >= 4 is 37.8 Å². The molecular weight excluding hydrogens is 382 g/mol. The Balaban J connectivity index is 2.15. The predicted octanol–water partition coefficient (Wildman–Crippen LogP) is 4.62. The van der Waals surface area contributed by atoms with Crippen LogP contribution in [0.2, 0.25) is 0 Å². The normalized spacial score (nSPS) is 11.9. The molecule has 2 aromatic rings. The van der Waals surface area contributed by atoms with Gasteiger partial charge in [0.1, 0.15) is 0 Å². The van der Waals surface area contributed by atoms with Crippen LogP contribution < -0.4 is 5.32 Å². The van der Waals surface area contributed by atoms with E-state index in [0.29, 0.717) is 10.9 Å². The maximum absolute atomic E-state index is 12.3. The smallest absolute Gasteiger partial charge is 0.251 e. The zero-order valence-electron chi connectivity index (χ0n) is 11.1. The zero-order chi connectivity index (χ0) is 14.5. The standard InChI is InChI=1S/C16H15Br2NO/c1-11-7-8-13(9-14(11)18)16(20)19-15(10-17)12-5-3-2-4-6-12/h2-9,15H,10H2,1H3,(H,19,20). The second kappa shape index (κ2) is 7.04. The molecule has 104 valence electrons. The van der Waals surface area contributed by atoms with E-state index in [2.05, 4.69) is 37.2 Å². The molecule has 20 heavy (non-hydrogen) atoms. The van der Waals surface area contributed by atoms with Gasteiger partial charge in [-0.1, -0.05) is 68.3 Å². The molecule has 0 aliphatic rings. The fraction of sp³-hybridized carbons (Fsp3) is 0.188. The third kappa shape index (κ3) is 3.70. The van der Waals surface area contributed by atoms with Gasteiger partial charge in [0, 0.05) is 15.4 Å². The Morgan fingerprint density at radius 3 is 2.50 bits per heavy atom. The van der Waals surface area contributed by atoms with Crippen LogP contribution in [0.15, 0.2) is 53.0 Å². The summed E-state index contributed by atoms with van der Waals surface area (Å²) < 4.78 is 0.945. The summed E-state index contributed by atoms with van der Waals surface area (Å²) in [5.74, 6) is -0.0704. The molecule has 1 amide bonds. The van der Waals surface area contributed by atoms with Crippen molar-refractivity contribution < 1.29 is 4.79 Å². The van der Waals surface area contributed by atoms with E-state index in [9.17, 15) is 4.79 Å². The minimum absolute atomic E-state index is 0.0382. The van der Waals surface area contributed by atoms with Crippen LogP contribution in [-0.2, 0) is 0 Å². The Morgan fingerprint density at radius 1 is 1.20 bits per heavy atom. The molecule has 0 heterocycles. The third-order valence-electron chi connectivity index (χ3n) is 3.10. The number of hydrogen-bond donors (Lipinski definition) is 1. The highest BCUT2D eigenvalue weighted by atomic mass is 79.9. The Labute approximate surface area is 135 Å². The van der Waals surface area contributed by atoms with E-state index >= 15 is 0 Å². The molecule has 0 bridgehead atoms. The van der Waals surface area contributed by atoms with Gasteiger partial charge in [0.25, 0.3) is 5.91 Å². The molecule has 0 aliphatic heterocycles. The minimum Gasteiger partial charge on any atom is -0.344 e. The lowest BCUT2D eigenvalue weighted by molar-refractivity contribution is 0.0940. The first-order chi connectivity index (χ1) is 9.61. The Morgan fingerprint density at radius 2 is 1.90 bits per heavy atom. The summed E-state index contributed by atoms with van der Waals surface area (Å²) in [7, 11) is 0. The van der Waals surface area contributed by atoms with Gasteiger partial charge in [-0.3, -0.25) is 4.79 Å². The van der Waals surface area contributed by atoms with Crippen LogP contribution in [0, 0.1) is 6.92 Å². The number of alkyl halides is 1. The first-order valence-electron chi connectivity index (χ1n) is 6.29. The van der Waals surface area contributed by atoms with E-state index < -0.39 is 0 Å². The predicted molar refractivity (Wildman–Crippen MR) is 89.3 cm³/mol. The number of amides is 1. The topological polar surface area (TPSA) is 29.1 Å². The molecule has 0 radical (unpaired) electrons. The maximum atomic E-state index is 12.3. The van der Waals surface area contributed by atoms with E-state index in [-0.39, 0.29) is 11.9 Å². The molecule has 2 nitrogen and oxygen atoms in total. The van der Waals surface area contributed by atoms with Gasteiger partial charge in [-0.2, -0.15) is 0 Å². The molecule has 0 saturated heterocycles. The third-order valence-corrected chi connectivity index (χ3v) is 4.60. The number of nitrogens with one attached hydrogen (secondary N) is 1. The molecule has 0 spiro atoms. The lowest BCUT2D eigenvalue weighted by Gasteiger charge is -2.17. The van der Waals surface area contributed by atoms with Gasteiger partial charge in [0.15, 0.2) is 0 Å². The highest BCUT2D eigenvalue weighted by molar-refractivity contribution is 9.10. The maximum Gasteiger partial charge on any atom is 0.251 e. The summed E-state index contributed by atoms with van der Waals surface area (Å²) in [6.07, 6.45) is 0. The molecule has 0 aliphatic carbocycles. The van der Waals surface area contributed by atoms with Gasteiger partial charge in [-0.25, -0.2) is 0 Å². The van der Waals surface area contributed by atoms with Crippen molar-refractivity contribution in [2.75, 3.05) is 5.33 Å². The van der Waals surface area contributed by atoms with Crippen LogP contribution in [0.5, 0.6) is 0 Å². The van der Waals surface area contributed by atoms with Crippen LogP contribution in [0.3, 0.4) is 0 Å². The van der Waals surface area contributed by atoms with Crippen molar-refractivity contribution in [1.82, 2.24) is 5.32 Å². The van der Waals surface area contributed by atoms with Gasteiger partial charge < -0.3 is 5.32 Å². The highest BCUT2D eigenvalue weighted by Crippen LogP contribution is 2.19. The summed E-state index contributed by atoms with van der Waals surface area (Å²) >= 11 is 6.91. The van der Waals surface area contributed by atoms with Gasteiger partial charge in [0.2, 0.25) is 0 Å². The first kappa shape index (κ1) is 15.3. The number of carbonyl (C=O) groups excluding carboxylic acids is 1. The van der Waals surface area contributed by atoms with Crippen LogP contribution in [0.25, 0.3) is 0 Å². The number of hydrogen-bond acceptors (Lipinski definition) is 1. The van der Waals surface area contributed by atoms with E-state index in [4.69, 9.17) is 0 Å². The monoisotopic (exact) mass is 395 g/mol. The quantitative estimate of drug-likeness (QED) is 0.750. The van der Waals surface area contributed by atoms with E-state index in [1.54, 1.807) is 0 Å². The van der Waals surface area contributed by atoms with Crippen molar-refractivity contribution in [3.8, 4) is 0 Å². The SMILES string of the molecule is Cc1ccc(C(=O)NC(CBr)c2ccccc2)cc1Br. The molecule has 1 N–H and O–H groups in total. The van der Waals surface area contributed by atoms with Crippen molar-refractivity contribution in [2.24, 2.45) is 0 Å². The number of rotatable bonds is 4. The fourth-order valence-electron chi connectivity index (χ4n) is 1.87. The highest BCUT2D eigenvalue weighted by Gasteiger charge is 2.14. The molecule has 0 fully saturated rings. The molecule has 2 rings (SSSR count). The minimum atomic E-state index is -0.0704.